The Hall–Kier alpha value is -3.76. The maximum atomic E-state index is 14.5. The van der Waals surface area contributed by atoms with E-state index in [1.165, 1.54) is 18.2 Å². The van der Waals surface area contributed by atoms with Gasteiger partial charge in [-0.1, -0.05) is 6.07 Å². The van der Waals surface area contributed by atoms with Gasteiger partial charge < -0.3 is 15.0 Å². The molecule has 1 amide bonds. The molecule has 11 heteroatoms. The fraction of sp³-hybridized carbons (Fsp3) is 0.471. The van der Waals surface area contributed by atoms with E-state index in [0.717, 1.165) is 50.8 Å². The van der Waals surface area contributed by atoms with Gasteiger partial charge in [-0.3, -0.25) is 9.78 Å². The molecule has 6 aliphatic rings. The topological polar surface area (TPSA) is 54.5 Å². The molecule has 6 fully saturated rings. The zero-order chi connectivity index (χ0) is 31.7. The van der Waals surface area contributed by atoms with E-state index in [1.54, 1.807) is 12.1 Å². The third-order valence-electron chi connectivity index (χ3n) is 10.7. The summed E-state index contributed by atoms with van der Waals surface area (Å²) >= 11 is 0. The SMILES string of the molecule is O=C(N(CC12CCC(c3ccc(C(F)(F)F)cn3)(CC1)CC2)c1cccc(Nc2ccc(OC(F)F)cc2)c1)C12CC(F)(C1)C2. The molecule has 0 atom stereocenters. The first kappa shape index (κ1) is 29.9. The number of carbonyl (C=O) groups excluding carboxylic acids is 1. The number of anilines is 3. The maximum absolute atomic E-state index is 14.5. The minimum atomic E-state index is -4.43. The van der Waals surface area contributed by atoms with E-state index in [0.29, 0.717) is 29.3 Å². The Bertz CT molecular complexity index is 1550. The molecule has 9 rings (SSSR count). The number of carbonyl (C=O) groups is 1. The Morgan fingerprint density at radius 3 is 2.13 bits per heavy atom. The average molecular weight is 630 g/mol. The number of benzene rings is 2. The van der Waals surface area contributed by atoms with Gasteiger partial charge in [0, 0.05) is 40.9 Å². The number of aromatic nitrogens is 1. The van der Waals surface area contributed by atoms with Crippen molar-refractivity contribution < 1.29 is 35.9 Å². The molecule has 6 saturated carbocycles. The van der Waals surface area contributed by atoms with E-state index in [-0.39, 0.29) is 41.7 Å². The van der Waals surface area contributed by atoms with Crippen LogP contribution in [0, 0.1) is 10.8 Å². The van der Waals surface area contributed by atoms with Crippen LogP contribution in [-0.2, 0) is 16.4 Å². The lowest BCUT2D eigenvalue weighted by Crippen LogP contribution is -2.71. The molecule has 3 aromatic rings. The normalized spacial score (nSPS) is 29.9. The van der Waals surface area contributed by atoms with Crippen LogP contribution in [0.5, 0.6) is 5.75 Å². The van der Waals surface area contributed by atoms with E-state index in [4.69, 9.17) is 0 Å². The fourth-order valence-corrected chi connectivity index (χ4v) is 8.19. The Labute approximate surface area is 257 Å². The maximum Gasteiger partial charge on any atom is 0.417 e. The summed E-state index contributed by atoms with van der Waals surface area (Å²) in [5, 5.41) is 3.25. The number of nitrogens with one attached hydrogen (secondary N) is 1. The van der Waals surface area contributed by atoms with E-state index < -0.39 is 29.4 Å². The van der Waals surface area contributed by atoms with Crippen LogP contribution in [0.2, 0.25) is 0 Å². The molecular formula is C34H33F6N3O2. The van der Waals surface area contributed by atoms with Crippen molar-refractivity contribution in [3.05, 3.63) is 78.1 Å². The van der Waals surface area contributed by atoms with Crippen molar-refractivity contribution in [1.29, 1.82) is 0 Å². The molecule has 45 heavy (non-hydrogen) atoms. The second kappa shape index (κ2) is 10.4. The van der Waals surface area contributed by atoms with Gasteiger partial charge in [-0.25, -0.2) is 4.39 Å². The zero-order valence-electron chi connectivity index (χ0n) is 24.5. The van der Waals surface area contributed by atoms with Gasteiger partial charge in [0.2, 0.25) is 5.91 Å². The van der Waals surface area contributed by atoms with E-state index >= 15 is 0 Å². The smallest absolute Gasteiger partial charge is 0.417 e. The average Bonchev–Trinajstić information content (AvgIpc) is 2.99. The summed E-state index contributed by atoms with van der Waals surface area (Å²) in [7, 11) is 0. The van der Waals surface area contributed by atoms with Crippen LogP contribution in [-0.4, -0.2) is 29.7 Å². The summed E-state index contributed by atoms with van der Waals surface area (Å²) in [6.07, 6.45) is 1.99. The monoisotopic (exact) mass is 629 g/mol. The van der Waals surface area contributed by atoms with Crippen LogP contribution in [0.1, 0.15) is 69.0 Å². The minimum Gasteiger partial charge on any atom is -0.435 e. The van der Waals surface area contributed by atoms with Crippen molar-refractivity contribution in [2.24, 2.45) is 10.8 Å². The molecule has 0 radical (unpaired) electrons. The van der Waals surface area contributed by atoms with Crippen molar-refractivity contribution in [3.63, 3.8) is 0 Å². The van der Waals surface area contributed by atoms with Crippen molar-refractivity contribution >= 4 is 23.0 Å². The van der Waals surface area contributed by atoms with Gasteiger partial charge in [-0.2, -0.15) is 22.0 Å². The van der Waals surface area contributed by atoms with Gasteiger partial charge in [0.15, 0.2) is 0 Å². The van der Waals surface area contributed by atoms with E-state index in [2.05, 4.69) is 15.0 Å². The molecule has 238 valence electrons. The Morgan fingerprint density at radius 2 is 1.58 bits per heavy atom. The summed E-state index contributed by atoms with van der Waals surface area (Å²) in [6.45, 7) is -2.44. The van der Waals surface area contributed by atoms with Crippen LogP contribution in [0.25, 0.3) is 0 Å². The lowest BCUT2D eigenvalue weighted by molar-refractivity contribution is -0.211. The first-order valence-corrected chi connectivity index (χ1v) is 15.3. The summed E-state index contributed by atoms with van der Waals surface area (Å²) in [5.74, 6) is -0.0172. The van der Waals surface area contributed by atoms with Gasteiger partial charge >= 0.3 is 12.8 Å². The standard InChI is InChI=1S/C34H33F6N3O2/c35-29(36)45-26-7-5-23(6-8-26)42-24-2-1-3-25(16-24)43(28(44)32-18-33(37,19-32)20-32)21-30-10-13-31(14-11-30,15-12-30)27-9-4-22(17-41-27)34(38,39)40/h1-9,16-17,29,42H,10-15,18-21H2. The third-order valence-corrected chi connectivity index (χ3v) is 10.7. The highest BCUT2D eigenvalue weighted by Gasteiger charge is 2.73. The number of halogens is 6. The summed E-state index contributed by atoms with van der Waals surface area (Å²) in [4.78, 5) is 20.2. The van der Waals surface area contributed by atoms with Gasteiger partial charge in [-0.05, 0) is 118 Å². The number of rotatable bonds is 9. The van der Waals surface area contributed by atoms with Gasteiger partial charge in [0.25, 0.3) is 0 Å². The largest absolute Gasteiger partial charge is 0.435 e. The van der Waals surface area contributed by atoms with Crippen LogP contribution < -0.4 is 15.0 Å². The predicted octanol–water partition coefficient (Wildman–Crippen LogP) is 8.96. The number of hydrogen-bond acceptors (Lipinski definition) is 4. The first-order valence-electron chi connectivity index (χ1n) is 15.3. The highest BCUT2D eigenvalue weighted by atomic mass is 19.4. The van der Waals surface area contributed by atoms with Gasteiger partial charge in [-0.15, -0.1) is 0 Å². The van der Waals surface area contributed by atoms with Crippen LogP contribution in [0.4, 0.5) is 43.4 Å². The molecule has 0 spiro atoms. The first-order chi connectivity index (χ1) is 21.3. The van der Waals surface area contributed by atoms with Crippen molar-refractivity contribution in [2.75, 3.05) is 16.8 Å². The van der Waals surface area contributed by atoms with E-state index in [1.807, 2.05) is 29.2 Å². The third kappa shape index (κ3) is 5.42. The predicted molar refractivity (Wildman–Crippen MR) is 156 cm³/mol. The molecule has 1 aromatic heterocycles. The summed E-state index contributed by atoms with van der Waals surface area (Å²) < 4.78 is 83.4. The molecule has 6 aliphatic carbocycles. The molecule has 4 bridgehead atoms. The van der Waals surface area contributed by atoms with Crippen molar-refractivity contribution in [3.8, 4) is 5.75 Å². The van der Waals surface area contributed by atoms with Crippen LogP contribution >= 0.6 is 0 Å². The highest BCUT2D eigenvalue weighted by Crippen LogP contribution is 2.70. The number of ether oxygens (including phenoxy) is 1. The Morgan fingerprint density at radius 1 is 0.911 bits per heavy atom. The highest BCUT2D eigenvalue weighted by molar-refractivity contribution is 6.00. The lowest BCUT2D eigenvalue weighted by atomic mass is 9.41. The van der Waals surface area contributed by atoms with Gasteiger partial charge in [0.05, 0.1) is 11.0 Å². The minimum absolute atomic E-state index is 0.0441. The van der Waals surface area contributed by atoms with E-state index in [9.17, 15) is 31.1 Å². The van der Waals surface area contributed by atoms with Gasteiger partial charge in [0.1, 0.15) is 11.4 Å². The Balaban J connectivity index is 1.10. The summed E-state index contributed by atoms with van der Waals surface area (Å²) in [5.41, 5.74) is -0.344. The molecule has 5 nitrogen and oxygen atoms in total. The molecule has 2 aromatic carbocycles. The number of hydrogen-bond donors (Lipinski definition) is 1. The zero-order valence-corrected chi connectivity index (χ0v) is 24.5. The molecule has 0 aliphatic heterocycles. The van der Waals surface area contributed by atoms with Crippen LogP contribution in [0.15, 0.2) is 66.9 Å². The van der Waals surface area contributed by atoms with Crippen molar-refractivity contribution in [1.82, 2.24) is 4.98 Å². The number of amides is 1. The number of fused-ring (bicyclic) bond motifs is 3. The molecule has 0 saturated heterocycles. The second-order valence-electron chi connectivity index (χ2n) is 13.6. The molecule has 1 N–H and O–H groups in total. The molecular weight excluding hydrogens is 596 g/mol. The quantitative estimate of drug-likeness (QED) is 0.240. The Kier molecular flexibility index (Phi) is 6.91. The second-order valence-corrected chi connectivity index (χ2v) is 13.6. The summed E-state index contributed by atoms with van der Waals surface area (Å²) in [6, 6.07) is 16.2. The fourth-order valence-electron chi connectivity index (χ4n) is 8.19. The molecule has 0 unspecified atom stereocenters. The van der Waals surface area contributed by atoms with Crippen LogP contribution in [0.3, 0.4) is 0 Å². The number of pyridine rings is 1. The number of alkyl halides is 6. The molecule has 1 heterocycles. The van der Waals surface area contributed by atoms with Crippen molar-refractivity contribution in [2.45, 2.75) is 81.7 Å². The lowest BCUT2D eigenvalue weighted by Gasteiger charge is -2.65. The number of nitrogens with zero attached hydrogens (tertiary/aromatic N) is 2.